The molecule has 0 radical (unpaired) electrons. The highest BCUT2D eigenvalue weighted by Gasteiger charge is 2.59. The van der Waals surface area contributed by atoms with Gasteiger partial charge in [-0.3, -0.25) is 0 Å². The molecule has 0 amide bonds. The number of hydrogen-bond acceptors (Lipinski definition) is 2. The van der Waals surface area contributed by atoms with Crippen LogP contribution in [-0.2, 0) is 9.47 Å². The monoisotopic (exact) mass is 500 g/mol. The topological polar surface area (TPSA) is 18.5 Å². The van der Waals surface area contributed by atoms with Crippen molar-refractivity contribution in [2.24, 2.45) is 46.3 Å². The standard InChI is InChI=1S/C34H60O2/c1-9-36-32(5,6)21-22-35-27-17-19-33(7)26(23-27)13-14-28-30-16-15-29(25(4)12-10-11-24(2)3)34(30,8)20-18-31(28)33/h13,24-25,27-31H,9-12,14-23H2,1-8H3/t25?,27?,28?,29?,30?,31?,33-,34+/m0/s1. The number of fused-ring (bicyclic) bond motifs is 5. The van der Waals surface area contributed by atoms with Crippen molar-refractivity contribution >= 4 is 0 Å². The first-order valence-corrected chi connectivity index (χ1v) is 15.9. The van der Waals surface area contributed by atoms with Gasteiger partial charge in [0.1, 0.15) is 0 Å². The van der Waals surface area contributed by atoms with E-state index in [0.29, 0.717) is 16.9 Å². The second kappa shape index (κ2) is 11.4. The lowest BCUT2D eigenvalue weighted by atomic mass is 9.47. The molecule has 0 heterocycles. The van der Waals surface area contributed by atoms with E-state index >= 15 is 0 Å². The molecule has 4 rings (SSSR count). The molecule has 0 aromatic carbocycles. The molecular weight excluding hydrogens is 440 g/mol. The summed E-state index contributed by atoms with van der Waals surface area (Å²) in [6.07, 6.45) is 19.4. The first-order chi connectivity index (χ1) is 17.0. The smallest absolute Gasteiger partial charge is 0.0648 e. The van der Waals surface area contributed by atoms with Crippen LogP contribution in [0.2, 0.25) is 0 Å². The van der Waals surface area contributed by atoms with E-state index < -0.39 is 0 Å². The Labute approximate surface area is 224 Å². The van der Waals surface area contributed by atoms with Crippen LogP contribution >= 0.6 is 0 Å². The van der Waals surface area contributed by atoms with Crippen molar-refractivity contribution in [3.05, 3.63) is 11.6 Å². The summed E-state index contributed by atoms with van der Waals surface area (Å²) >= 11 is 0. The Kier molecular flexibility index (Phi) is 9.09. The van der Waals surface area contributed by atoms with Crippen molar-refractivity contribution in [2.45, 2.75) is 144 Å². The van der Waals surface area contributed by atoms with E-state index in [1.165, 1.54) is 70.6 Å². The Hall–Kier alpha value is -0.340. The molecule has 3 saturated carbocycles. The Morgan fingerprint density at radius 1 is 1.00 bits per heavy atom. The highest BCUT2D eigenvalue weighted by Crippen LogP contribution is 2.67. The summed E-state index contributed by atoms with van der Waals surface area (Å²) in [5, 5.41) is 0. The molecule has 0 aromatic rings. The molecule has 0 aromatic heterocycles. The maximum Gasteiger partial charge on any atom is 0.0648 e. The molecule has 36 heavy (non-hydrogen) atoms. The molecule has 4 aliphatic carbocycles. The Morgan fingerprint density at radius 2 is 1.78 bits per heavy atom. The average Bonchev–Trinajstić information content (AvgIpc) is 3.16. The van der Waals surface area contributed by atoms with E-state index in [0.717, 1.165) is 55.1 Å². The van der Waals surface area contributed by atoms with Crippen LogP contribution in [0, 0.1) is 46.3 Å². The van der Waals surface area contributed by atoms with E-state index in [1.54, 1.807) is 5.57 Å². The predicted molar refractivity (Wildman–Crippen MR) is 153 cm³/mol. The van der Waals surface area contributed by atoms with Crippen LogP contribution in [0.4, 0.5) is 0 Å². The first-order valence-electron chi connectivity index (χ1n) is 15.9. The van der Waals surface area contributed by atoms with Gasteiger partial charge in [0.2, 0.25) is 0 Å². The molecule has 3 fully saturated rings. The number of ether oxygens (including phenoxy) is 2. The third kappa shape index (κ3) is 5.80. The third-order valence-electron chi connectivity index (χ3n) is 11.9. The second-order valence-corrected chi connectivity index (χ2v) is 15.0. The van der Waals surface area contributed by atoms with Crippen LogP contribution in [0.15, 0.2) is 11.6 Å². The molecule has 0 N–H and O–H groups in total. The molecule has 0 bridgehead atoms. The minimum atomic E-state index is -0.0743. The van der Waals surface area contributed by atoms with Crippen molar-refractivity contribution in [1.82, 2.24) is 0 Å². The molecule has 6 unspecified atom stereocenters. The fourth-order valence-electron chi connectivity index (χ4n) is 9.73. The second-order valence-electron chi connectivity index (χ2n) is 15.0. The van der Waals surface area contributed by atoms with Crippen molar-refractivity contribution in [3.63, 3.8) is 0 Å². The third-order valence-corrected chi connectivity index (χ3v) is 11.9. The van der Waals surface area contributed by atoms with Crippen LogP contribution in [0.5, 0.6) is 0 Å². The summed E-state index contributed by atoms with van der Waals surface area (Å²) in [7, 11) is 0. The van der Waals surface area contributed by atoms with Gasteiger partial charge >= 0.3 is 0 Å². The number of hydrogen-bond donors (Lipinski definition) is 0. The average molecular weight is 501 g/mol. The highest BCUT2D eigenvalue weighted by atomic mass is 16.5. The van der Waals surface area contributed by atoms with Gasteiger partial charge in [0, 0.05) is 13.2 Å². The minimum Gasteiger partial charge on any atom is -0.378 e. The van der Waals surface area contributed by atoms with E-state index in [-0.39, 0.29) is 5.60 Å². The summed E-state index contributed by atoms with van der Waals surface area (Å²) in [5.41, 5.74) is 2.70. The summed E-state index contributed by atoms with van der Waals surface area (Å²) in [6.45, 7) is 20.8. The van der Waals surface area contributed by atoms with Crippen molar-refractivity contribution in [1.29, 1.82) is 0 Å². The molecule has 8 atom stereocenters. The van der Waals surface area contributed by atoms with Crippen LogP contribution in [-0.4, -0.2) is 24.9 Å². The van der Waals surface area contributed by atoms with Crippen LogP contribution in [0.3, 0.4) is 0 Å². The molecule has 2 heteroatoms. The van der Waals surface area contributed by atoms with Gasteiger partial charge in [0.05, 0.1) is 11.7 Å². The van der Waals surface area contributed by atoms with Crippen molar-refractivity contribution in [3.8, 4) is 0 Å². The van der Waals surface area contributed by atoms with Gasteiger partial charge in [0.15, 0.2) is 0 Å². The molecule has 2 nitrogen and oxygen atoms in total. The highest BCUT2D eigenvalue weighted by molar-refractivity contribution is 5.25. The van der Waals surface area contributed by atoms with Gasteiger partial charge in [-0.2, -0.15) is 0 Å². The summed E-state index contributed by atoms with van der Waals surface area (Å²) < 4.78 is 12.3. The molecule has 208 valence electrons. The first kappa shape index (κ1) is 28.7. The largest absolute Gasteiger partial charge is 0.378 e. The molecule has 4 aliphatic rings. The SMILES string of the molecule is CCOC(C)(C)CCOC1CC[C@@]2(C)C(=CCC3C4CCC(C(C)CCCC(C)C)[C@@]4(C)CCC32)C1. The van der Waals surface area contributed by atoms with Gasteiger partial charge in [-0.05, 0) is 125 Å². The van der Waals surface area contributed by atoms with Crippen molar-refractivity contribution in [2.75, 3.05) is 13.2 Å². The normalized spacial score (nSPS) is 39.4. The summed E-state index contributed by atoms with van der Waals surface area (Å²) in [4.78, 5) is 0. The minimum absolute atomic E-state index is 0.0743. The lowest BCUT2D eigenvalue weighted by Crippen LogP contribution is -2.51. The quantitative estimate of drug-likeness (QED) is 0.263. The lowest BCUT2D eigenvalue weighted by Gasteiger charge is -2.58. The van der Waals surface area contributed by atoms with Gasteiger partial charge < -0.3 is 9.47 Å². The lowest BCUT2D eigenvalue weighted by molar-refractivity contribution is -0.0735. The zero-order valence-corrected chi connectivity index (χ0v) is 25.3. The predicted octanol–water partition coefficient (Wildman–Crippen LogP) is 9.62. The fraction of sp³-hybridized carbons (Fsp3) is 0.941. The fourth-order valence-corrected chi connectivity index (χ4v) is 9.73. The van der Waals surface area contributed by atoms with Crippen LogP contribution in [0.25, 0.3) is 0 Å². The zero-order valence-electron chi connectivity index (χ0n) is 25.3. The Balaban J connectivity index is 1.37. The molecule has 0 aliphatic heterocycles. The van der Waals surface area contributed by atoms with Gasteiger partial charge in [-0.25, -0.2) is 0 Å². The Morgan fingerprint density at radius 3 is 2.50 bits per heavy atom. The maximum absolute atomic E-state index is 6.45. The van der Waals surface area contributed by atoms with Crippen LogP contribution in [0.1, 0.15) is 132 Å². The Bertz CT molecular complexity index is 752. The van der Waals surface area contributed by atoms with Gasteiger partial charge in [-0.15, -0.1) is 0 Å². The molecular formula is C34H60O2. The molecule has 0 spiro atoms. The van der Waals surface area contributed by atoms with Gasteiger partial charge in [0.25, 0.3) is 0 Å². The van der Waals surface area contributed by atoms with E-state index in [9.17, 15) is 0 Å². The van der Waals surface area contributed by atoms with Crippen molar-refractivity contribution < 1.29 is 9.47 Å². The zero-order chi connectivity index (χ0) is 26.1. The van der Waals surface area contributed by atoms with Crippen LogP contribution < -0.4 is 0 Å². The number of rotatable bonds is 11. The van der Waals surface area contributed by atoms with E-state index in [1.807, 2.05) is 0 Å². The number of allylic oxidation sites excluding steroid dienone is 1. The summed E-state index contributed by atoms with van der Waals surface area (Å²) in [5.74, 6) is 5.50. The molecule has 0 saturated heterocycles. The maximum atomic E-state index is 6.45. The summed E-state index contributed by atoms with van der Waals surface area (Å²) in [6, 6.07) is 0. The van der Waals surface area contributed by atoms with Gasteiger partial charge in [-0.1, -0.05) is 65.5 Å². The van der Waals surface area contributed by atoms with E-state index in [4.69, 9.17) is 9.47 Å². The van der Waals surface area contributed by atoms with E-state index in [2.05, 4.69) is 61.5 Å².